The van der Waals surface area contributed by atoms with Crippen LogP contribution >= 0.6 is 0 Å². The first kappa shape index (κ1) is 103. The average molecular weight is 1930 g/mol. The van der Waals surface area contributed by atoms with Gasteiger partial charge in [0.1, 0.15) is 42.7 Å². The van der Waals surface area contributed by atoms with Gasteiger partial charge in [-0.05, 0) is 213 Å². The summed E-state index contributed by atoms with van der Waals surface area (Å²) < 4.78 is 28.3. The summed E-state index contributed by atoms with van der Waals surface area (Å²) in [5.74, 6) is 5.54. The van der Waals surface area contributed by atoms with Gasteiger partial charge < -0.3 is 59.5 Å². The Bertz CT molecular complexity index is 5390. The number of amides is 3. The van der Waals surface area contributed by atoms with Gasteiger partial charge in [0.2, 0.25) is 17.8 Å². The molecule has 0 bridgehead atoms. The number of nitrogens with one attached hydrogen (secondary N) is 8. The molecular weight excluding hydrogens is 1790 g/mol. The van der Waals surface area contributed by atoms with Gasteiger partial charge in [-0.3, -0.25) is 35.5 Å². The van der Waals surface area contributed by atoms with Gasteiger partial charge in [-0.25, -0.2) is 70.4 Å². The van der Waals surface area contributed by atoms with Crippen molar-refractivity contribution in [3.63, 3.8) is 0 Å². The molecule has 141 heavy (non-hydrogen) atoms. The number of piperidine rings is 3. The SMILES string of the molecule is CC(C)COC(C)ONC(=O)c1cnc(N2CC3C(C=O)C3C2)nc1.CC(C)COC(C)ONC(=O)c1cnc(N2CC3C(CNCc4ccc(CN[C@H](C(=O)OC5CCCC5)c5ccccc5)cc4)C3C2)nc1.NCc1ccc(CN[C@H](C(=O)OC2CCCC2)c2ccccc2)cc1.O=C(NO)c1cnc(N2CC3C(CNCc4ccc(CN[C@H](C(=O)OC5CCCC5)c5ccccc5)cc4)C3C2)nc1. The van der Waals surface area contributed by atoms with Gasteiger partial charge in [0.15, 0.2) is 12.6 Å². The standard InChI is InChI=1S/C38H50N6O5.C32H38N6O4.C21H26N2O2.C17H24N4O4/c1-25(2)24-47-26(3)49-43-36(45)30-19-41-38(42-20-30)44-22-33-32(34(33)23-44)21-39-17-27-13-15-28(16-14-27)18-40-35(29-9-5-4-6-10-29)37(46)48-31-11-7-8-12-31;39-30(37-41)24-16-35-32(36-17-24)38-19-27-26(28(27)20-38)18-33-14-21-10-12-22(13-11-21)15-34-29(23-6-2-1-3-7-23)31(40)42-25-8-4-5-9-25;22-14-16-10-12-17(13-11-16)15-23-20(18-6-2-1-3-7-18)21(24)25-19-8-4-5-9-19;1-10(2)9-24-11(3)25-20-16(23)12-4-18-17(19-5-12)21-6-13-14(7-21)15(13)8-22/h4-6,9-10,13-16,19-20,25-26,31-35,39-40H,7-8,11-12,17-18,21-24H2,1-3H3,(H,43,45);1-3,6-7,10-13,16-17,25-29,33-34,41H,4-5,8-9,14-15,18-20H2,(H,37,39);1-3,6-7,10-13,19-20,23H,4-5,8-9,14-15,22H2;4-5,8,10-11,13-15H,6-7,9H2,1-3H3,(H,20,23)/t26?,32?,33?,34?,35-;26?,27?,28?,29-;20-;/m000./s1. The molecule has 18 rings (SSSR count). The summed E-state index contributed by atoms with van der Waals surface area (Å²) in [6.45, 7) is 23.9. The molecule has 6 aliphatic carbocycles. The van der Waals surface area contributed by atoms with E-state index in [-0.39, 0.29) is 47.7 Å². The summed E-state index contributed by atoms with van der Waals surface area (Å²) in [4.78, 5) is 128. The van der Waals surface area contributed by atoms with Gasteiger partial charge in [-0.1, -0.05) is 191 Å². The normalized spacial score (nSPS) is 21.3. The van der Waals surface area contributed by atoms with E-state index in [0.29, 0.717) is 128 Å². The van der Waals surface area contributed by atoms with Crippen LogP contribution in [-0.2, 0) is 91.8 Å². The summed E-state index contributed by atoms with van der Waals surface area (Å²) in [7, 11) is 0. The molecule has 0 spiro atoms. The fourth-order valence-electron chi connectivity index (χ4n) is 19.6. The Balaban J connectivity index is 0.000000148. The maximum atomic E-state index is 13.1. The smallest absolute Gasteiger partial charge is 0.328 e. The van der Waals surface area contributed by atoms with E-state index in [1.165, 1.54) is 48.3 Å². The fraction of sp³-hybridized carbons (Fsp3) is 0.491. The van der Waals surface area contributed by atoms with Crippen LogP contribution in [0.3, 0.4) is 0 Å². The predicted octanol–water partition coefficient (Wildman–Crippen LogP) is 12.8. The maximum absolute atomic E-state index is 13.1. The van der Waals surface area contributed by atoms with E-state index in [4.69, 9.17) is 44.3 Å². The molecule has 3 amide bonds. The van der Waals surface area contributed by atoms with E-state index in [1.807, 2.05) is 143 Å². The molecule has 6 heterocycles. The number of benzene rings is 6. The van der Waals surface area contributed by atoms with Crippen LogP contribution in [0.4, 0.5) is 17.8 Å². The number of hydrogen-bond acceptors (Lipinski definition) is 30. The third kappa shape index (κ3) is 30.1. The van der Waals surface area contributed by atoms with Crippen LogP contribution in [0.25, 0.3) is 0 Å². The Kier molecular flexibility index (Phi) is 37.8. The Morgan fingerprint density at radius 1 is 0.383 bits per heavy atom. The molecule has 0 radical (unpaired) electrons. The molecule has 3 saturated heterocycles. The molecule has 9 aromatic rings. The summed E-state index contributed by atoms with van der Waals surface area (Å²) in [5.41, 5.74) is 22.6. The number of nitrogens with zero attached hydrogens (tertiary/aromatic N) is 9. The molecular formula is C108H138N18O15. The number of nitrogens with two attached hydrogens (primary N) is 1. The second-order valence-corrected chi connectivity index (χ2v) is 39.3. The highest BCUT2D eigenvalue weighted by molar-refractivity contribution is 5.94. The molecule has 9 fully saturated rings. The topological polar surface area (TPSA) is 414 Å². The minimum atomic E-state index is -0.615. The van der Waals surface area contributed by atoms with Gasteiger partial charge in [0, 0.05) is 122 Å². The summed E-state index contributed by atoms with van der Waals surface area (Å²) in [6, 6.07) is 53.2. The summed E-state index contributed by atoms with van der Waals surface area (Å²) >= 11 is 0. The third-order valence-corrected chi connectivity index (χ3v) is 27.9. The molecule has 9 aliphatic rings. The van der Waals surface area contributed by atoms with Crippen molar-refractivity contribution in [1.29, 1.82) is 0 Å². The summed E-state index contributed by atoms with van der Waals surface area (Å²) in [6.07, 6.45) is 21.6. The van der Waals surface area contributed by atoms with Crippen molar-refractivity contribution in [2.45, 2.75) is 207 Å². The van der Waals surface area contributed by atoms with Gasteiger partial charge in [0.05, 0.1) is 29.9 Å². The van der Waals surface area contributed by atoms with Crippen LogP contribution in [0.1, 0.15) is 218 Å². The molecule has 11 N–H and O–H groups in total. The number of carbonyl (C=O) groups is 7. The Labute approximate surface area is 826 Å². The Hall–Kier alpha value is -12.0. The monoisotopic (exact) mass is 1930 g/mol. The van der Waals surface area contributed by atoms with Crippen molar-refractivity contribution in [3.8, 4) is 0 Å². The first-order valence-electron chi connectivity index (χ1n) is 50.3. The molecule has 8 unspecified atom stereocenters. The van der Waals surface area contributed by atoms with Gasteiger partial charge in [-0.15, -0.1) is 0 Å². The number of hydrogen-bond donors (Lipinski definition) is 10. The van der Waals surface area contributed by atoms with E-state index in [0.717, 1.165) is 188 Å². The molecule has 3 aromatic heterocycles. The van der Waals surface area contributed by atoms with Crippen molar-refractivity contribution >= 4 is 59.8 Å². The molecule has 11 atom stereocenters. The van der Waals surface area contributed by atoms with Crippen LogP contribution in [0.2, 0.25) is 0 Å². The summed E-state index contributed by atoms with van der Waals surface area (Å²) in [5, 5.41) is 26.2. The first-order chi connectivity index (χ1) is 68.7. The Morgan fingerprint density at radius 3 is 0.936 bits per heavy atom. The van der Waals surface area contributed by atoms with Crippen LogP contribution in [0.5, 0.6) is 0 Å². The molecule has 750 valence electrons. The third-order valence-electron chi connectivity index (χ3n) is 27.9. The van der Waals surface area contributed by atoms with Gasteiger partial charge in [-0.2, -0.15) is 0 Å². The van der Waals surface area contributed by atoms with Gasteiger partial charge in [0.25, 0.3) is 17.7 Å². The van der Waals surface area contributed by atoms with E-state index in [2.05, 4.69) is 131 Å². The molecule has 33 nitrogen and oxygen atoms in total. The first-order valence-corrected chi connectivity index (χ1v) is 50.3. The molecule has 6 aromatic carbocycles. The average Bonchev–Trinajstić information content (AvgIpc) is 1.59. The van der Waals surface area contributed by atoms with E-state index in [1.54, 1.807) is 19.3 Å². The van der Waals surface area contributed by atoms with Crippen molar-refractivity contribution in [3.05, 3.63) is 268 Å². The second-order valence-electron chi connectivity index (χ2n) is 39.3. The van der Waals surface area contributed by atoms with Crippen LogP contribution in [0, 0.1) is 65.1 Å². The fourth-order valence-corrected chi connectivity index (χ4v) is 19.6. The van der Waals surface area contributed by atoms with Crippen LogP contribution in [-0.4, -0.2) is 173 Å². The number of hydroxylamine groups is 3. The van der Waals surface area contributed by atoms with E-state index >= 15 is 0 Å². The zero-order chi connectivity index (χ0) is 98.5. The lowest BCUT2D eigenvalue weighted by molar-refractivity contribution is -0.163. The maximum Gasteiger partial charge on any atom is 0.328 e. The van der Waals surface area contributed by atoms with Crippen molar-refractivity contribution < 1.29 is 72.1 Å². The van der Waals surface area contributed by atoms with Crippen LogP contribution < -0.4 is 63.5 Å². The highest BCUT2D eigenvalue weighted by Gasteiger charge is 2.58. The zero-order valence-electron chi connectivity index (χ0n) is 81.7. The number of fused-ring (bicyclic) bond motifs is 3. The van der Waals surface area contributed by atoms with E-state index in [9.17, 15) is 33.6 Å². The number of rotatable bonds is 44. The number of ether oxygens (including phenoxy) is 5. The lowest BCUT2D eigenvalue weighted by atomic mass is 10.1. The minimum Gasteiger partial charge on any atom is -0.461 e. The largest absolute Gasteiger partial charge is 0.461 e. The highest BCUT2D eigenvalue weighted by atomic mass is 16.8. The van der Waals surface area contributed by atoms with Crippen molar-refractivity contribution in [1.82, 2.24) is 72.9 Å². The number of aromatic nitrogens is 6. The molecule has 3 aliphatic heterocycles. The van der Waals surface area contributed by atoms with E-state index < -0.39 is 48.4 Å². The van der Waals surface area contributed by atoms with Gasteiger partial charge >= 0.3 is 17.9 Å². The minimum absolute atomic E-state index is 0.0416. The number of esters is 3. The number of aldehydes is 1. The lowest BCUT2D eigenvalue weighted by Gasteiger charge is -2.21. The Morgan fingerprint density at radius 2 is 0.660 bits per heavy atom. The van der Waals surface area contributed by atoms with Crippen molar-refractivity contribution in [2.24, 2.45) is 70.8 Å². The van der Waals surface area contributed by atoms with Crippen LogP contribution in [0.15, 0.2) is 201 Å². The quantitative estimate of drug-likeness (QED) is 0.00423. The highest BCUT2D eigenvalue weighted by Crippen LogP contribution is 2.54. The number of carbonyl (C=O) groups excluding carboxylic acids is 7. The molecule has 6 saturated carbocycles. The van der Waals surface area contributed by atoms with Crippen molar-refractivity contribution in [2.75, 3.05) is 80.3 Å². The zero-order valence-corrected chi connectivity index (χ0v) is 81.7. The molecule has 33 heteroatoms. The lowest BCUT2D eigenvalue weighted by Crippen LogP contribution is -2.32. The number of anilines is 3. The second kappa shape index (κ2) is 51.6. The predicted molar refractivity (Wildman–Crippen MR) is 531 cm³/mol.